The molecule has 1 saturated carbocycles. The summed E-state index contributed by atoms with van der Waals surface area (Å²) < 4.78 is 5.91. The lowest BCUT2D eigenvalue weighted by Crippen LogP contribution is -2.19. The van der Waals surface area contributed by atoms with Crippen molar-refractivity contribution < 1.29 is 4.74 Å². The molecule has 1 fully saturated rings. The van der Waals surface area contributed by atoms with Crippen LogP contribution in [0.15, 0.2) is 24.3 Å². The van der Waals surface area contributed by atoms with Crippen LogP contribution in [-0.2, 0) is 0 Å². The summed E-state index contributed by atoms with van der Waals surface area (Å²) in [5, 5.41) is 0. The summed E-state index contributed by atoms with van der Waals surface area (Å²) in [4.78, 5) is 0. The standard InChI is InChI=1S/C13H18O/c1-11-7-9-13(10-8-11)14-12-5-3-2-4-6-12/h7-10,12H,2-6H2,1H3. The molecule has 1 nitrogen and oxygen atoms in total. The van der Waals surface area contributed by atoms with E-state index in [1.54, 1.807) is 0 Å². The van der Waals surface area contributed by atoms with E-state index in [1.165, 1.54) is 37.7 Å². The minimum absolute atomic E-state index is 0.464. The minimum Gasteiger partial charge on any atom is -0.490 e. The van der Waals surface area contributed by atoms with Gasteiger partial charge >= 0.3 is 0 Å². The van der Waals surface area contributed by atoms with Gasteiger partial charge in [0.25, 0.3) is 0 Å². The molecule has 0 bridgehead atoms. The molecule has 1 heteroatoms. The number of ether oxygens (including phenoxy) is 1. The maximum absolute atomic E-state index is 5.91. The summed E-state index contributed by atoms with van der Waals surface area (Å²) in [5.74, 6) is 1.03. The van der Waals surface area contributed by atoms with Crippen molar-refractivity contribution in [3.63, 3.8) is 0 Å². The van der Waals surface area contributed by atoms with Crippen LogP contribution < -0.4 is 4.74 Å². The van der Waals surface area contributed by atoms with Gasteiger partial charge in [-0.1, -0.05) is 24.1 Å². The fraction of sp³-hybridized carbons (Fsp3) is 0.538. The molecular formula is C13H18O. The first kappa shape index (κ1) is 9.57. The molecule has 0 radical (unpaired) electrons. The quantitative estimate of drug-likeness (QED) is 0.690. The van der Waals surface area contributed by atoms with Crippen LogP contribution in [0.5, 0.6) is 5.75 Å². The molecule has 1 aromatic carbocycles. The molecule has 14 heavy (non-hydrogen) atoms. The van der Waals surface area contributed by atoms with Gasteiger partial charge in [0, 0.05) is 0 Å². The van der Waals surface area contributed by atoms with E-state index in [9.17, 15) is 0 Å². The van der Waals surface area contributed by atoms with Crippen molar-refractivity contribution in [3.8, 4) is 5.75 Å². The first-order valence-electron chi connectivity index (χ1n) is 5.58. The van der Waals surface area contributed by atoms with Crippen molar-refractivity contribution in [1.82, 2.24) is 0 Å². The zero-order valence-electron chi connectivity index (χ0n) is 8.83. The molecular weight excluding hydrogens is 172 g/mol. The summed E-state index contributed by atoms with van der Waals surface area (Å²) in [6.07, 6.45) is 6.97. The van der Waals surface area contributed by atoms with Gasteiger partial charge in [-0.05, 0) is 44.7 Å². The molecule has 2 rings (SSSR count). The minimum atomic E-state index is 0.464. The second-order valence-electron chi connectivity index (χ2n) is 4.19. The fourth-order valence-electron chi connectivity index (χ4n) is 1.99. The van der Waals surface area contributed by atoms with Gasteiger partial charge in [0.15, 0.2) is 0 Å². The Labute approximate surface area is 86.1 Å². The summed E-state index contributed by atoms with van der Waals surface area (Å²) in [5.41, 5.74) is 1.29. The summed E-state index contributed by atoms with van der Waals surface area (Å²) in [6.45, 7) is 2.10. The zero-order chi connectivity index (χ0) is 9.80. The SMILES string of the molecule is Cc1ccc(OC2CCCCC2)cc1. The summed E-state index contributed by atoms with van der Waals surface area (Å²) >= 11 is 0. The zero-order valence-corrected chi connectivity index (χ0v) is 8.83. The van der Waals surface area contributed by atoms with Gasteiger partial charge in [-0.3, -0.25) is 0 Å². The lowest BCUT2D eigenvalue weighted by Gasteiger charge is -2.22. The van der Waals surface area contributed by atoms with Crippen LogP contribution in [0.3, 0.4) is 0 Å². The average molecular weight is 190 g/mol. The van der Waals surface area contributed by atoms with Gasteiger partial charge in [0.05, 0.1) is 6.10 Å². The van der Waals surface area contributed by atoms with E-state index in [1.807, 2.05) is 0 Å². The Bertz CT molecular complexity index is 270. The van der Waals surface area contributed by atoms with Crippen molar-refractivity contribution in [2.24, 2.45) is 0 Å². The first-order chi connectivity index (χ1) is 6.84. The number of aryl methyl sites for hydroxylation is 1. The fourth-order valence-corrected chi connectivity index (χ4v) is 1.99. The molecule has 0 spiro atoms. The Morgan fingerprint density at radius 1 is 1.00 bits per heavy atom. The highest BCUT2D eigenvalue weighted by Gasteiger charge is 2.14. The smallest absolute Gasteiger partial charge is 0.119 e. The van der Waals surface area contributed by atoms with Gasteiger partial charge in [-0.15, -0.1) is 0 Å². The number of hydrogen-bond donors (Lipinski definition) is 0. The molecule has 1 aliphatic carbocycles. The summed E-state index contributed by atoms with van der Waals surface area (Å²) in [6, 6.07) is 8.37. The second-order valence-corrected chi connectivity index (χ2v) is 4.19. The predicted molar refractivity (Wildman–Crippen MR) is 58.7 cm³/mol. The van der Waals surface area contributed by atoms with E-state index in [2.05, 4.69) is 31.2 Å². The van der Waals surface area contributed by atoms with Crippen LogP contribution >= 0.6 is 0 Å². The average Bonchev–Trinajstić information content (AvgIpc) is 2.23. The van der Waals surface area contributed by atoms with E-state index < -0.39 is 0 Å². The monoisotopic (exact) mass is 190 g/mol. The van der Waals surface area contributed by atoms with Crippen molar-refractivity contribution in [3.05, 3.63) is 29.8 Å². The van der Waals surface area contributed by atoms with Crippen molar-refractivity contribution in [1.29, 1.82) is 0 Å². The Morgan fingerprint density at radius 2 is 1.64 bits per heavy atom. The topological polar surface area (TPSA) is 9.23 Å². The Morgan fingerprint density at radius 3 is 2.29 bits per heavy atom. The second kappa shape index (κ2) is 4.50. The molecule has 0 heterocycles. The van der Waals surface area contributed by atoms with Gasteiger partial charge in [0.2, 0.25) is 0 Å². The van der Waals surface area contributed by atoms with E-state index in [4.69, 9.17) is 4.74 Å². The van der Waals surface area contributed by atoms with Gasteiger partial charge < -0.3 is 4.74 Å². The Kier molecular flexibility index (Phi) is 3.07. The highest BCUT2D eigenvalue weighted by molar-refractivity contribution is 5.26. The number of hydrogen-bond acceptors (Lipinski definition) is 1. The van der Waals surface area contributed by atoms with Crippen LogP contribution in [0.25, 0.3) is 0 Å². The highest BCUT2D eigenvalue weighted by Crippen LogP contribution is 2.23. The molecule has 1 aromatic rings. The lowest BCUT2D eigenvalue weighted by molar-refractivity contribution is 0.155. The molecule has 0 unspecified atom stereocenters. The van der Waals surface area contributed by atoms with Crippen LogP contribution in [0, 0.1) is 6.92 Å². The van der Waals surface area contributed by atoms with Gasteiger partial charge in [-0.2, -0.15) is 0 Å². The molecule has 1 aliphatic rings. The summed E-state index contributed by atoms with van der Waals surface area (Å²) in [7, 11) is 0. The predicted octanol–water partition coefficient (Wildman–Crippen LogP) is 3.71. The van der Waals surface area contributed by atoms with Crippen molar-refractivity contribution in [2.45, 2.75) is 45.1 Å². The van der Waals surface area contributed by atoms with Crippen LogP contribution in [-0.4, -0.2) is 6.10 Å². The largest absolute Gasteiger partial charge is 0.490 e. The highest BCUT2D eigenvalue weighted by atomic mass is 16.5. The van der Waals surface area contributed by atoms with E-state index in [0.717, 1.165) is 5.75 Å². The molecule has 0 N–H and O–H groups in total. The van der Waals surface area contributed by atoms with Crippen LogP contribution in [0.2, 0.25) is 0 Å². The van der Waals surface area contributed by atoms with Crippen LogP contribution in [0.4, 0.5) is 0 Å². The maximum atomic E-state index is 5.91. The third-order valence-electron chi connectivity index (χ3n) is 2.88. The van der Waals surface area contributed by atoms with Crippen molar-refractivity contribution in [2.75, 3.05) is 0 Å². The lowest BCUT2D eigenvalue weighted by atomic mass is 9.98. The van der Waals surface area contributed by atoms with Crippen LogP contribution in [0.1, 0.15) is 37.7 Å². The molecule has 0 amide bonds. The molecule has 0 saturated heterocycles. The maximum Gasteiger partial charge on any atom is 0.119 e. The normalized spacial score (nSPS) is 18.1. The van der Waals surface area contributed by atoms with E-state index in [-0.39, 0.29) is 0 Å². The number of rotatable bonds is 2. The van der Waals surface area contributed by atoms with E-state index >= 15 is 0 Å². The molecule has 76 valence electrons. The number of benzene rings is 1. The molecule has 0 atom stereocenters. The molecule has 0 aromatic heterocycles. The Hall–Kier alpha value is -0.980. The first-order valence-corrected chi connectivity index (χ1v) is 5.58. The van der Waals surface area contributed by atoms with Gasteiger partial charge in [-0.25, -0.2) is 0 Å². The molecule has 0 aliphatic heterocycles. The Balaban J connectivity index is 1.92. The van der Waals surface area contributed by atoms with Gasteiger partial charge in [0.1, 0.15) is 5.75 Å². The van der Waals surface area contributed by atoms with Crippen molar-refractivity contribution >= 4 is 0 Å². The third-order valence-corrected chi connectivity index (χ3v) is 2.88. The third kappa shape index (κ3) is 2.50. The van der Waals surface area contributed by atoms with E-state index in [0.29, 0.717) is 6.10 Å².